The van der Waals surface area contributed by atoms with Crippen molar-refractivity contribution in [2.24, 2.45) is 5.92 Å². The Labute approximate surface area is 188 Å². The van der Waals surface area contributed by atoms with E-state index in [0.717, 1.165) is 50.3 Å². The lowest BCUT2D eigenvalue weighted by Crippen LogP contribution is -2.40. The third kappa shape index (κ3) is 6.11. The fourth-order valence-electron chi connectivity index (χ4n) is 4.14. The van der Waals surface area contributed by atoms with Crippen LogP contribution >= 0.6 is 0 Å². The molecule has 168 valence electrons. The summed E-state index contributed by atoms with van der Waals surface area (Å²) in [6, 6.07) is 19.0. The zero-order chi connectivity index (χ0) is 22.2. The Morgan fingerprint density at radius 3 is 2.44 bits per heavy atom. The molecule has 3 aromatic rings. The molecule has 1 fully saturated rings. The van der Waals surface area contributed by atoms with Gasteiger partial charge in [-0.05, 0) is 80.4 Å². The molecule has 2 heterocycles. The van der Waals surface area contributed by atoms with Crippen LogP contribution in [0.2, 0.25) is 0 Å². The topological polar surface area (TPSA) is 37.4 Å². The molecule has 2 aromatic carbocycles. The minimum Gasteiger partial charge on any atom is -0.489 e. The Morgan fingerprint density at radius 1 is 0.969 bits per heavy atom. The van der Waals surface area contributed by atoms with E-state index in [1.807, 2.05) is 30.3 Å². The van der Waals surface area contributed by atoms with Crippen LogP contribution in [-0.4, -0.2) is 42.7 Å². The van der Waals surface area contributed by atoms with Gasteiger partial charge in [0.15, 0.2) is 11.6 Å². The van der Waals surface area contributed by atoms with E-state index in [9.17, 15) is 8.78 Å². The summed E-state index contributed by atoms with van der Waals surface area (Å²) in [5, 5.41) is 3.66. The molecule has 4 rings (SSSR count). The van der Waals surface area contributed by atoms with Crippen molar-refractivity contribution in [2.45, 2.75) is 18.9 Å². The number of ether oxygens (including phenoxy) is 1. The molecule has 0 unspecified atom stereocenters. The highest BCUT2D eigenvalue weighted by atomic mass is 19.1. The minimum absolute atomic E-state index is 0.0657. The maximum Gasteiger partial charge on any atom is 0.165 e. The molecule has 32 heavy (non-hydrogen) atoms. The van der Waals surface area contributed by atoms with E-state index in [2.05, 4.69) is 15.2 Å². The maximum absolute atomic E-state index is 13.7. The lowest BCUT2D eigenvalue weighted by Gasteiger charge is -2.33. The van der Waals surface area contributed by atoms with Crippen LogP contribution in [0.3, 0.4) is 0 Å². The average molecular weight is 438 g/mol. The van der Waals surface area contributed by atoms with Gasteiger partial charge in [-0.1, -0.05) is 30.3 Å². The summed E-state index contributed by atoms with van der Waals surface area (Å²) >= 11 is 0. The average Bonchev–Trinajstić information content (AvgIpc) is 2.83. The lowest BCUT2D eigenvalue weighted by atomic mass is 9.95. The summed E-state index contributed by atoms with van der Waals surface area (Å²) in [5.41, 5.74) is 1.94. The van der Waals surface area contributed by atoms with Crippen molar-refractivity contribution >= 4 is 0 Å². The predicted molar refractivity (Wildman–Crippen MR) is 122 cm³/mol. The summed E-state index contributed by atoms with van der Waals surface area (Å²) in [5.74, 6) is 0.319. The van der Waals surface area contributed by atoms with Crippen LogP contribution in [0.5, 0.6) is 5.75 Å². The maximum atomic E-state index is 13.7. The smallest absolute Gasteiger partial charge is 0.165 e. The van der Waals surface area contributed by atoms with Crippen molar-refractivity contribution in [3.05, 3.63) is 95.8 Å². The van der Waals surface area contributed by atoms with Crippen molar-refractivity contribution in [1.29, 1.82) is 0 Å². The third-order valence-corrected chi connectivity index (χ3v) is 6.01. The number of likely N-dealkylation sites (tertiary alicyclic amines) is 1. The van der Waals surface area contributed by atoms with Crippen LogP contribution < -0.4 is 10.1 Å². The van der Waals surface area contributed by atoms with Gasteiger partial charge in [0.05, 0.1) is 11.7 Å². The lowest BCUT2D eigenvalue weighted by molar-refractivity contribution is 0.151. The number of hydrogen-bond donors (Lipinski definition) is 1. The van der Waals surface area contributed by atoms with Crippen LogP contribution in [0.25, 0.3) is 0 Å². The molecule has 1 saturated heterocycles. The zero-order valence-corrected chi connectivity index (χ0v) is 18.1. The molecule has 0 radical (unpaired) electrons. The number of nitrogens with one attached hydrogen (secondary N) is 1. The van der Waals surface area contributed by atoms with E-state index in [1.54, 1.807) is 24.4 Å². The summed E-state index contributed by atoms with van der Waals surface area (Å²) in [6.45, 7) is 4.14. The van der Waals surface area contributed by atoms with Crippen LogP contribution in [0, 0.1) is 17.6 Å². The number of pyridine rings is 1. The number of halogens is 2. The Hall–Kier alpha value is -2.83. The largest absolute Gasteiger partial charge is 0.489 e. The minimum atomic E-state index is -0.319. The van der Waals surface area contributed by atoms with E-state index in [4.69, 9.17) is 4.74 Å². The second kappa shape index (κ2) is 11.2. The van der Waals surface area contributed by atoms with Crippen molar-refractivity contribution in [2.75, 3.05) is 32.8 Å². The summed E-state index contributed by atoms with van der Waals surface area (Å²) in [4.78, 5) is 6.88. The summed E-state index contributed by atoms with van der Waals surface area (Å²) < 4.78 is 32.6. The van der Waals surface area contributed by atoms with Gasteiger partial charge in [-0.25, -0.2) is 8.78 Å². The van der Waals surface area contributed by atoms with Gasteiger partial charge in [0, 0.05) is 12.7 Å². The first kappa shape index (κ1) is 22.4. The van der Waals surface area contributed by atoms with Crippen molar-refractivity contribution in [1.82, 2.24) is 15.2 Å². The van der Waals surface area contributed by atoms with Gasteiger partial charge in [-0.2, -0.15) is 0 Å². The van der Waals surface area contributed by atoms with Crippen molar-refractivity contribution < 1.29 is 13.5 Å². The number of piperidine rings is 1. The predicted octanol–water partition coefficient (Wildman–Crippen LogP) is 4.83. The van der Waals surface area contributed by atoms with Crippen molar-refractivity contribution in [3.8, 4) is 5.75 Å². The highest BCUT2D eigenvalue weighted by Crippen LogP contribution is 2.23. The zero-order valence-electron chi connectivity index (χ0n) is 18.1. The molecule has 0 saturated carbocycles. The molecule has 4 nitrogen and oxygen atoms in total. The molecular weight excluding hydrogens is 408 g/mol. The van der Waals surface area contributed by atoms with Crippen molar-refractivity contribution in [3.63, 3.8) is 0 Å². The fourth-order valence-corrected chi connectivity index (χ4v) is 4.14. The number of rotatable bonds is 9. The van der Waals surface area contributed by atoms with Gasteiger partial charge in [0.1, 0.15) is 12.4 Å². The summed E-state index contributed by atoms with van der Waals surface area (Å²) in [6.07, 6.45) is 3.96. The van der Waals surface area contributed by atoms with E-state index >= 15 is 0 Å². The quantitative estimate of drug-likeness (QED) is 0.520. The van der Waals surface area contributed by atoms with E-state index in [0.29, 0.717) is 18.3 Å². The highest BCUT2D eigenvalue weighted by molar-refractivity contribution is 5.28. The molecular formula is C26H29F2N3O. The Balaban J connectivity index is 1.25. The van der Waals surface area contributed by atoms with E-state index in [-0.39, 0.29) is 17.7 Å². The van der Waals surface area contributed by atoms with Gasteiger partial charge < -0.3 is 10.1 Å². The van der Waals surface area contributed by atoms with Gasteiger partial charge in [0.2, 0.25) is 0 Å². The molecule has 0 bridgehead atoms. The molecule has 0 aliphatic carbocycles. The molecule has 6 heteroatoms. The van der Waals surface area contributed by atoms with Gasteiger partial charge in [0.25, 0.3) is 0 Å². The second-order valence-electron chi connectivity index (χ2n) is 8.21. The molecule has 0 amide bonds. The molecule has 1 aliphatic heterocycles. The Kier molecular flexibility index (Phi) is 7.80. The Bertz CT molecular complexity index is 960. The fraction of sp³-hybridized carbons (Fsp3) is 0.346. The van der Waals surface area contributed by atoms with E-state index < -0.39 is 0 Å². The Morgan fingerprint density at radius 2 is 1.72 bits per heavy atom. The first-order valence-electron chi connectivity index (χ1n) is 11.2. The molecule has 1 aliphatic rings. The number of aromatic nitrogens is 1. The van der Waals surface area contributed by atoms with Crippen LogP contribution in [0.1, 0.15) is 30.1 Å². The number of nitrogens with zero attached hydrogens (tertiary/aromatic N) is 2. The molecule has 1 aromatic heterocycles. The SMILES string of the molecule is Fc1ccc([C@H](NCC2CCN(CCOc3ccccc3F)CC2)c2ccccn2)cc1. The molecule has 1 atom stereocenters. The number of benzene rings is 2. The summed E-state index contributed by atoms with van der Waals surface area (Å²) in [7, 11) is 0. The van der Waals surface area contributed by atoms with Gasteiger partial charge in [-0.3, -0.25) is 9.88 Å². The first-order valence-corrected chi connectivity index (χ1v) is 11.2. The monoisotopic (exact) mass is 437 g/mol. The first-order chi connectivity index (χ1) is 15.7. The normalized spacial score (nSPS) is 16.1. The number of para-hydroxylation sites is 1. The standard InChI is InChI=1S/C26H29F2N3O/c27-22-10-8-21(9-11-22)26(24-6-3-4-14-29-24)30-19-20-12-15-31(16-13-20)17-18-32-25-7-2-1-5-23(25)28/h1-11,14,20,26,30H,12-13,15-19H2/t26-/m0/s1. The van der Waals surface area contributed by atoms with Crippen LogP contribution in [0.4, 0.5) is 8.78 Å². The highest BCUT2D eigenvalue weighted by Gasteiger charge is 2.22. The molecule has 1 N–H and O–H groups in total. The van der Waals surface area contributed by atoms with Gasteiger partial charge >= 0.3 is 0 Å². The molecule has 0 spiro atoms. The van der Waals surface area contributed by atoms with Crippen LogP contribution in [0.15, 0.2) is 72.9 Å². The number of hydrogen-bond acceptors (Lipinski definition) is 4. The third-order valence-electron chi connectivity index (χ3n) is 6.01. The second-order valence-corrected chi connectivity index (χ2v) is 8.21. The van der Waals surface area contributed by atoms with Crippen LogP contribution in [-0.2, 0) is 0 Å². The van der Waals surface area contributed by atoms with Gasteiger partial charge in [-0.15, -0.1) is 0 Å². The van der Waals surface area contributed by atoms with E-state index in [1.165, 1.54) is 18.2 Å².